The summed E-state index contributed by atoms with van der Waals surface area (Å²) in [6.07, 6.45) is 3.37. The summed E-state index contributed by atoms with van der Waals surface area (Å²) in [7, 11) is 0. The Morgan fingerprint density at radius 1 is 0.900 bits per heavy atom. The van der Waals surface area contributed by atoms with Gasteiger partial charge in [0.15, 0.2) is 0 Å². The summed E-state index contributed by atoms with van der Waals surface area (Å²) in [5, 5.41) is 46.9. The van der Waals surface area contributed by atoms with Crippen LogP contribution in [0.1, 0.15) is 79.1 Å². The Morgan fingerprint density at radius 3 is 2.10 bits per heavy atom. The maximum atomic E-state index is 11.8. The summed E-state index contributed by atoms with van der Waals surface area (Å²) in [4.78, 5) is 11.8. The topological polar surface area (TPSA) is 127 Å². The molecule has 5 atom stereocenters. The Hall–Kier alpha value is -0.990. The van der Waals surface area contributed by atoms with Gasteiger partial charge in [-0.05, 0) is 38.0 Å². The third-order valence-electron chi connectivity index (χ3n) is 5.33. The molecule has 7 nitrogen and oxygen atoms in total. The lowest BCUT2D eigenvalue weighted by Gasteiger charge is -2.25. The van der Waals surface area contributed by atoms with Crippen LogP contribution in [0.15, 0.2) is 11.6 Å². The van der Waals surface area contributed by atoms with Crippen molar-refractivity contribution in [1.29, 1.82) is 0 Å². The number of hydrogen-bond acceptors (Lipinski definition) is 7. The average molecular weight is 433 g/mol. The van der Waals surface area contributed by atoms with Crippen molar-refractivity contribution in [2.75, 3.05) is 13.2 Å². The Morgan fingerprint density at radius 2 is 1.50 bits per heavy atom. The summed E-state index contributed by atoms with van der Waals surface area (Å²) >= 11 is 0. The van der Waals surface area contributed by atoms with Crippen LogP contribution < -0.4 is 0 Å². The van der Waals surface area contributed by atoms with Gasteiger partial charge in [-0.3, -0.25) is 4.79 Å². The summed E-state index contributed by atoms with van der Waals surface area (Å²) in [6.45, 7) is 7.64. The predicted molar refractivity (Wildman–Crippen MR) is 117 cm³/mol. The highest BCUT2D eigenvalue weighted by atomic mass is 16.5. The molecule has 178 valence electrons. The molecule has 5 N–H and O–H groups in total. The molecule has 7 heteroatoms. The van der Waals surface area contributed by atoms with Gasteiger partial charge in [-0.2, -0.15) is 0 Å². The van der Waals surface area contributed by atoms with Crippen molar-refractivity contribution in [3.8, 4) is 0 Å². The average Bonchev–Trinajstić information content (AvgIpc) is 2.69. The number of aliphatic hydroxyl groups is 5. The van der Waals surface area contributed by atoms with Crippen molar-refractivity contribution < 1.29 is 35.1 Å². The van der Waals surface area contributed by atoms with E-state index in [0.29, 0.717) is 6.42 Å². The van der Waals surface area contributed by atoms with E-state index in [9.17, 15) is 25.2 Å². The molecule has 0 aliphatic carbocycles. The van der Waals surface area contributed by atoms with Crippen molar-refractivity contribution in [3.05, 3.63) is 11.6 Å². The lowest BCUT2D eigenvalue weighted by atomic mass is 9.94. The molecular weight excluding hydrogens is 388 g/mol. The first-order valence-electron chi connectivity index (χ1n) is 11.2. The van der Waals surface area contributed by atoms with Gasteiger partial charge in [0.05, 0.1) is 6.61 Å². The smallest absolute Gasteiger partial charge is 0.306 e. The zero-order valence-corrected chi connectivity index (χ0v) is 19.2. The lowest BCUT2D eigenvalue weighted by molar-refractivity contribution is -0.156. The van der Waals surface area contributed by atoms with Gasteiger partial charge in [-0.25, -0.2) is 0 Å². The van der Waals surface area contributed by atoms with Crippen LogP contribution in [-0.4, -0.2) is 69.1 Å². The van der Waals surface area contributed by atoms with Crippen LogP contribution in [0, 0.1) is 11.8 Å². The normalized spacial score (nSPS) is 17.5. The number of ether oxygens (including phenoxy) is 1. The zero-order chi connectivity index (χ0) is 23.1. The Kier molecular flexibility index (Phi) is 16.1. The van der Waals surface area contributed by atoms with Gasteiger partial charge in [-0.15, -0.1) is 0 Å². The van der Waals surface area contributed by atoms with Crippen LogP contribution in [-0.2, 0) is 9.53 Å². The van der Waals surface area contributed by atoms with Crippen molar-refractivity contribution in [3.63, 3.8) is 0 Å². The largest absolute Gasteiger partial charge is 0.463 e. The van der Waals surface area contributed by atoms with Crippen LogP contribution in [0.3, 0.4) is 0 Å². The summed E-state index contributed by atoms with van der Waals surface area (Å²) < 4.78 is 4.90. The molecule has 0 spiro atoms. The summed E-state index contributed by atoms with van der Waals surface area (Å²) in [6, 6.07) is 0. The van der Waals surface area contributed by atoms with Crippen molar-refractivity contribution in [2.45, 2.75) is 103 Å². The minimum Gasteiger partial charge on any atom is -0.463 e. The number of allylic oxidation sites excluding steroid dienone is 2. The second-order valence-electron chi connectivity index (χ2n) is 8.89. The maximum absolute atomic E-state index is 11.8. The standard InChI is InChI=1S/C23H44O7/c1-16(2)8-5-9-17(3)10-6-11-18(4)12-7-13-21(27)30-15-20(26)23(29)22(28)19(25)14-24/h12,16-17,19-20,22-26,28-29H,5-11,13-15H2,1-4H3/b18-12+/t17?,19-,20-,22-,23-/m1/s1. The molecule has 0 amide bonds. The number of carbonyl (C=O) groups excluding carboxylic acids is 1. The van der Waals surface area contributed by atoms with Crippen molar-refractivity contribution >= 4 is 5.97 Å². The molecule has 0 radical (unpaired) electrons. The molecule has 0 rings (SSSR count). The van der Waals surface area contributed by atoms with Gasteiger partial charge in [0.25, 0.3) is 0 Å². The van der Waals surface area contributed by atoms with Gasteiger partial charge < -0.3 is 30.3 Å². The predicted octanol–water partition coefficient (Wildman–Crippen LogP) is 2.32. The Bertz CT molecular complexity index is 478. The van der Waals surface area contributed by atoms with E-state index in [1.54, 1.807) is 0 Å². The monoisotopic (exact) mass is 432 g/mol. The fourth-order valence-electron chi connectivity index (χ4n) is 3.20. The number of carbonyl (C=O) groups is 1. The molecule has 0 aromatic heterocycles. The molecule has 0 aromatic rings. The molecule has 0 aromatic carbocycles. The second kappa shape index (κ2) is 16.7. The van der Waals surface area contributed by atoms with Crippen LogP contribution in [0.25, 0.3) is 0 Å². The molecule has 30 heavy (non-hydrogen) atoms. The van der Waals surface area contributed by atoms with Crippen LogP contribution >= 0.6 is 0 Å². The highest BCUT2D eigenvalue weighted by Gasteiger charge is 2.30. The maximum Gasteiger partial charge on any atom is 0.306 e. The van der Waals surface area contributed by atoms with Gasteiger partial charge in [-0.1, -0.05) is 58.1 Å². The van der Waals surface area contributed by atoms with E-state index in [0.717, 1.165) is 24.7 Å². The third kappa shape index (κ3) is 14.1. The SMILES string of the molecule is C/C(=C\CCC(=O)OC[C@@H](O)[C@@H](O)[C@H](O)[C@H](O)CO)CCCC(C)CCCC(C)C. The molecule has 1 unspecified atom stereocenters. The first kappa shape index (κ1) is 29.0. The van der Waals surface area contributed by atoms with Gasteiger partial charge in [0, 0.05) is 6.42 Å². The van der Waals surface area contributed by atoms with Gasteiger partial charge in [0.2, 0.25) is 0 Å². The molecule has 0 aliphatic rings. The molecule has 0 bridgehead atoms. The molecule has 0 saturated carbocycles. The van der Waals surface area contributed by atoms with E-state index in [1.165, 1.54) is 31.3 Å². The molecule has 0 heterocycles. The number of hydrogen-bond donors (Lipinski definition) is 5. The van der Waals surface area contributed by atoms with Gasteiger partial charge in [0.1, 0.15) is 31.0 Å². The first-order valence-corrected chi connectivity index (χ1v) is 11.2. The molecular formula is C23H44O7. The Balaban J connectivity index is 3.98. The van der Waals surface area contributed by atoms with E-state index in [4.69, 9.17) is 9.84 Å². The van der Waals surface area contributed by atoms with E-state index < -0.39 is 43.6 Å². The number of esters is 1. The minimum absolute atomic E-state index is 0.160. The van der Waals surface area contributed by atoms with Crippen molar-refractivity contribution in [1.82, 2.24) is 0 Å². The van der Waals surface area contributed by atoms with E-state index in [1.807, 2.05) is 6.08 Å². The van der Waals surface area contributed by atoms with Crippen LogP contribution in [0.2, 0.25) is 0 Å². The minimum atomic E-state index is -1.73. The fourth-order valence-corrected chi connectivity index (χ4v) is 3.20. The Labute approximate surface area is 181 Å². The van der Waals surface area contributed by atoms with E-state index >= 15 is 0 Å². The van der Waals surface area contributed by atoms with Crippen LogP contribution in [0.4, 0.5) is 0 Å². The van der Waals surface area contributed by atoms with E-state index in [-0.39, 0.29) is 6.42 Å². The third-order valence-corrected chi connectivity index (χ3v) is 5.33. The van der Waals surface area contributed by atoms with E-state index in [2.05, 4.69) is 27.7 Å². The lowest BCUT2D eigenvalue weighted by Crippen LogP contribution is -2.47. The molecule has 0 aliphatic heterocycles. The highest BCUT2D eigenvalue weighted by Crippen LogP contribution is 2.19. The number of rotatable bonds is 17. The first-order chi connectivity index (χ1) is 14.1. The van der Waals surface area contributed by atoms with Crippen LogP contribution in [0.5, 0.6) is 0 Å². The van der Waals surface area contributed by atoms with Crippen molar-refractivity contribution in [2.24, 2.45) is 11.8 Å². The fraction of sp³-hybridized carbons (Fsp3) is 0.870. The summed E-state index contributed by atoms with van der Waals surface area (Å²) in [5.41, 5.74) is 1.24. The molecule has 0 saturated heterocycles. The summed E-state index contributed by atoms with van der Waals surface area (Å²) in [5.74, 6) is 1.000. The van der Waals surface area contributed by atoms with Gasteiger partial charge >= 0.3 is 5.97 Å². The second-order valence-corrected chi connectivity index (χ2v) is 8.89. The highest BCUT2D eigenvalue weighted by molar-refractivity contribution is 5.69. The quantitative estimate of drug-likeness (QED) is 0.176. The number of aliphatic hydroxyl groups excluding tert-OH is 5. The zero-order valence-electron chi connectivity index (χ0n) is 19.2. The molecule has 0 fully saturated rings.